The number of unbranched alkanes of at least 4 members (excludes halogenated alkanes) is 2. The number of aryl methyl sites for hydroxylation is 1. The SMILES string of the molecule is COCCCCC[C@@H]1CCc2cc([C@H]3CC[C@](N)(C(O)OC(=O)C(F)(F)F)C3)ccc2C1. The van der Waals surface area contributed by atoms with Gasteiger partial charge in [-0.15, -0.1) is 0 Å². The molecule has 1 saturated carbocycles. The zero-order chi connectivity index (χ0) is 23.4. The van der Waals surface area contributed by atoms with Crippen molar-refractivity contribution >= 4 is 5.97 Å². The van der Waals surface area contributed by atoms with Crippen LogP contribution in [0.15, 0.2) is 18.2 Å². The van der Waals surface area contributed by atoms with Crippen LogP contribution in [0.1, 0.15) is 74.0 Å². The molecule has 1 aromatic rings. The van der Waals surface area contributed by atoms with Crippen LogP contribution in [0.3, 0.4) is 0 Å². The van der Waals surface area contributed by atoms with Gasteiger partial charge in [0, 0.05) is 13.7 Å². The van der Waals surface area contributed by atoms with Gasteiger partial charge in [0.25, 0.3) is 0 Å². The van der Waals surface area contributed by atoms with Crippen LogP contribution in [0.5, 0.6) is 0 Å². The maximum absolute atomic E-state index is 12.4. The Bertz CT molecular complexity index is 785. The van der Waals surface area contributed by atoms with Crippen molar-refractivity contribution in [3.8, 4) is 0 Å². The Morgan fingerprint density at radius 1 is 1.25 bits per heavy atom. The summed E-state index contributed by atoms with van der Waals surface area (Å²) in [5.41, 5.74) is 8.56. The van der Waals surface area contributed by atoms with Crippen molar-refractivity contribution in [2.45, 2.75) is 88.1 Å². The van der Waals surface area contributed by atoms with Crippen molar-refractivity contribution in [2.24, 2.45) is 11.7 Å². The quantitative estimate of drug-likeness (QED) is 0.327. The largest absolute Gasteiger partial charge is 0.491 e. The number of hydrogen-bond acceptors (Lipinski definition) is 5. The second-order valence-corrected chi connectivity index (χ2v) is 9.41. The molecule has 0 saturated heterocycles. The lowest BCUT2D eigenvalue weighted by atomic mass is 9.79. The summed E-state index contributed by atoms with van der Waals surface area (Å²) in [6.07, 6.45) is 2.07. The highest BCUT2D eigenvalue weighted by Gasteiger charge is 2.48. The Morgan fingerprint density at radius 3 is 2.75 bits per heavy atom. The Balaban J connectivity index is 1.55. The van der Waals surface area contributed by atoms with Gasteiger partial charge < -0.3 is 20.3 Å². The topological polar surface area (TPSA) is 81.8 Å². The first-order valence-electron chi connectivity index (χ1n) is 11.5. The minimum absolute atomic E-state index is 0.0167. The molecule has 0 aromatic heterocycles. The third-order valence-corrected chi connectivity index (χ3v) is 7.02. The van der Waals surface area contributed by atoms with E-state index in [1.807, 2.05) is 0 Å². The molecule has 0 spiro atoms. The zero-order valence-electron chi connectivity index (χ0n) is 18.6. The number of aliphatic hydroxyl groups is 1. The van der Waals surface area contributed by atoms with Gasteiger partial charge in [0.2, 0.25) is 6.29 Å². The first-order valence-corrected chi connectivity index (χ1v) is 11.5. The van der Waals surface area contributed by atoms with E-state index in [1.165, 1.54) is 36.8 Å². The highest BCUT2D eigenvalue weighted by molar-refractivity contribution is 5.75. The van der Waals surface area contributed by atoms with Gasteiger partial charge in [-0.3, -0.25) is 0 Å². The van der Waals surface area contributed by atoms with E-state index in [2.05, 4.69) is 22.9 Å². The van der Waals surface area contributed by atoms with Crippen LogP contribution in [0.4, 0.5) is 13.2 Å². The second kappa shape index (κ2) is 10.5. The van der Waals surface area contributed by atoms with Gasteiger partial charge in [0.15, 0.2) is 0 Å². The van der Waals surface area contributed by atoms with Gasteiger partial charge in [-0.25, -0.2) is 4.79 Å². The minimum Gasteiger partial charge on any atom is -0.427 e. The number of halogens is 3. The second-order valence-electron chi connectivity index (χ2n) is 9.41. The van der Waals surface area contributed by atoms with E-state index in [0.717, 1.165) is 31.4 Å². The lowest BCUT2D eigenvalue weighted by Gasteiger charge is -2.30. The number of alkyl halides is 3. The zero-order valence-corrected chi connectivity index (χ0v) is 18.6. The van der Waals surface area contributed by atoms with Crippen molar-refractivity contribution in [2.75, 3.05) is 13.7 Å². The maximum atomic E-state index is 12.4. The summed E-state index contributed by atoms with van der Waals surface area (Å²) in [6, 6.07) is 6.43. The molecule has 1 fully saturated rings. The molecule has 4 atom stereocenters. The van der Waals surface area contributed by atoms with Crippen LogP contribution in [0, 0.1) is 5.92 Å². The van der Waals surface area contributed by atoms with Crippen molar-refractivity contribution < 1.29 is 32.5 Å². The van der Waals surface area contributed by atoms with E-state index in [9.17, 15) is 23.1 Å². The first-order chi connectivity index (χ1) is 15.1. The van der Waals surface area contributed by atoms with Gasteiger partial charge >= 0.3 is 12.1 Å². The van der Waals surface area contributed by atoms with Gasteiger partial charge in [-0.2, -0.15) is 13.2 Å². The molecule has 8 heteroatoms. The van der Waals surface area contributed by atoms with Crippen molar-refractivity contribution in [1.82, 2.24) is 0 Å². The average molecular weight is 458 g/mol. The normalized spacial score (nSPS) is 26.6. The molecule has 180 valence electrons. The Morgan fingerprint density at radius 2 is 2.03 bits per heavy atom. The molecule has 0 aliphatic heterocycles. The number of nitrogens with two attached hydrogens (primary N) is 1. The number of rotatable bonds is 9. The van der Waals surface area contributed by atoms with Gasteiger partial charge in [0.1, 0.15) is 0 Å². The standard InChI is InChI=1S/C24H34F3NO4/c1-31-12-4-2-3-5-16-6-7-18-14-19(9-8-17(18)13-16)20-10-11-23(28,15-20)21(29)32-22(30)24(25,26)27/h8-9,14,16,20-21,29H,2-7,10-13,15,28H2,1H3/t16-,20+,21?,23-/m1/s1. The molecular formula is C24H34F3NO4. The molecule has 32 heavy (non-hydrogen) atoms. The number of fused-ring (bicyclic) bond motifs is 1. The molecule has 5 nitrogen and oxygen atoms in total. The van der Waals surface area contributed by atoms with E-state index < -0.39 is 24.0 Å². The summed E-state index contributed by atoms with van der Waals surface area (Å²) in [5.74, 6) is -1.69. The van der Waals surface area contributed by atoms with E-state index in [0.29, 0.717) is 12.3 Å². The van der Waals surface area contributed by atoms with Crippen LogP contribution in [0.2, 0.25) is 0 Å². The summed E-state index contributed by atoms with van der Waals surface area (Å²) in [6.45, 7) is 0.823. The Hall–Kier alpha value is -1.64. The summed E-state index contributed by atoms with van der Waals surface area (Å²) in [5, 5.41) is 10.1. The van der Waals surface area contributed by atoms with E-state index in [4.69, 9.17) is 10.5 Å². The number of carbonyl (C=O) groups is 1. The first kappa shape index (κ1) is 25.0. The Labute approximate surface area is 187 Å². The molecule has 0 amide bonds. The average Bonchev–Trinajstić information content (AvgIpc) is 3.16. The molecule has 1 aromatic carbocycles. The number of benzene rings is 1. The van der Waals surface area contributed by atoms with Gasteiger partial charge in [-0.1, -0.05) is 37.5 Å². The number of aliphatic hydroxyl groups excluding tert-OH is 1. The van der Waals surface area contributed by atoms with Crippen LogP contribution in [-0.4, -0.2) is 42.8 Å². The predicted octanol–water partition coefficient (Wildman–Crippen LogP) is 4.39. The molecule has 0 radical (unpaired) electrons. The van der Waals surface area contributed by atoms with Gasteiger partial charge in [-0.05, 0) is 73.5 Å². The van der Waals surface area contributed by atoms with Crippen LogP contribution in [-0.2, 0) is 27.1 Å². The minimum atomic E-state index is -5.16. The number of hydrogen-bond donors (Lipinski definition) is 2. The number of esters is 1. The van der Waals surface area contributed by atoms with Crippen LogP contribution < -0.4 is 5.73 Å². The monoisotopic (exact) mass is 457 g/mol. The molecule has 3 N–H and O–H groups in total. The number of ether oxygens (including phenoxy) is 2. The van der Waals surface area contributed by atoms with E-state index in [1.54, 1.807) is 7.11 Å². The molecule has 3 rings (SSSR count). The number of methoxy groups -OCH3 is 1. The lowest BCUT2D eigenvalue weighted by molar-refractivity contribution is -0.227. The molecule has 1 unspecified atom stereocenters. The fraction of sp³-hybridized carbons (Fsp3) is 0.708. The predicted molar refractivity (Wildman–Crippen MR) is 114 cm³/mol. The molecular weight excluding hydrogens is 423 g/mol. The fourth-order valence-electron chi connectivity index (χ4n) is 5.11. The fourth-order valence-corrected chi connectivity index (χ4v) is 5.11. The van der Waals surface area contributed by atoms with E-state index in [-0.39, 0.29) is 18.8 Å². The van der Waals surface area contributed by atoms with Crippen molar-refractivity contribution in [1.29, 1.82) is 0 Å². The van der Waals surface area contributed by atoms with Crippen LogP contribution >= 0.6 is 0 Å². The molecule has 2 aliphatic carbocycles. The smallest absolute Gasteiger partial charge is 0.427 e. The third kappa shape index (κ3) is 6.23. The lowest BCUT2D eigenvalue weighted by Crippen LogP contribution is -2.51. The maximum Gasteiger partial charge on any atom is 0.491 e. The van der Waals surface area contributed by atoms with E-state index >= 15 is 0 Å². The third-order valence-electron chi connectivity index (χ3n) is 7.02. The molecule has 0 heterocycles. The summed E-state index contributed by atoms with van der Waals surface area (Å²) in [4.78, 5) is 11.1. The molecule has 0 bridgehead atoms. The Kier molecular flexibility index (Phi) is 8.22. The highest BCUT2D eigenvalue weighted by atomic mass is 19.4. The summed E-state index contributed by atoms with van der Waals surface area (Å²) >= 11 is 0. The van der Waals surface area contributed by atoms with Gasteiger partial charge in [0.05, 0.1) is 5.54 Å². The summed E-state index contributed by atoms with van der Waals surface area (Å²) < 4.78 is 46.6. The number of carbonyl (C=O) groups excluding carboxylic acids is 1. The summed E-state index contributed by atoms with van der Waals surface area (Å²) in [7, 11) is 1.73. The van der Waals surface area contributed by atoms with Crippen molar-refractivity contribution in [3.63, 3.8) is 0 Å². The van der Waals surface area contributed by atoms with Crippen molar-refractivity contribution in [3.05, 3.63) is 34.9 Å². The molecule has 2 aliphatic rings. The highest BCUT2D eigenvalue weighted by Crippen LogP contribution is 2.43. The van der Waals surface area contributed by atoms with Crippen LogP contribution in [0.25, 0.3) is 0 Å².